The summed E-state index contributed by atoms with van der Waals surface area (Å²) in [6.45, 7) is 7.74. The summed E-state index contributed by atoms with van der Waals surface area (Å²) < 4.78 is 9.69. The fourth-order valence-electron chi connectivity index (χ4n) is 10.4. The number of hydrogen-bond acceptors (Lipinski definition) is 8. The molecule has 2 aromatic carbocycles. The van der Waals surface area contributed by atoms with Crippen molar-refractivity contribution in [3.8, 4) is 33.6 Å². The highest BCUT2D eigenvalue weighted by atomic mass is 16.5. The zero-order valence-corrected chi connectivity index (χ0v) is 35.4. The number of likely N-dealkylation sites (tertiary alicyclic amines) is 2. The molecule has 0 unspecified atom stereocenters. The number of hydrogen-bond donors (Lipinski definition) is 4. The van der Waals surface area contributed by atoms with Crippen LogP contribution in [0.5, 0.6) is 0 Å². The first-order chi connectivity index (χ1) is 28.9. The smallest absolute Gasteiger partial charge is 0.407 e. The van der Waals surface area contributed by atoms with Gasteiger partial charge in [-0.25, -0.2) is 19.6 Å². The van der Waals surface area contributed by atoms with E-state index in [1.807, 2.05) is 49.9 Å². The highest BCUT2D eigenvalue weighted by Gasteiger charge is 2.51. The van der Waals surface area contributed by atoms with Crippen molar-refractivity contribution in [2.24, 2.45) is 23.7 Å². The predicted molar refractivity (Wildman–Crippen MR) is 226 cm³/mol. The lowest BCUT2D eigenvalue weighted by molar-refractivity contribution is -0.138. The minimum Gasteiger partial charge on any atom is -0.453 e. The van der Waals surface area contributed by atoms with Crippen molar-refractivity contribution in [3.05, 3.63) is 72.6 Å². The van der Waals surface area contributed by atoms with Gasteiger partial charge in [-0.3, -0.25) is 9.59 Å². The van der Waals surface area contributed by atoms with Crippen LogP contribution in [-0.2, 0) is 19.1 Å². The maximum absolute atomic E-state index is 14.1. The Morgan fingerprint density at radius 2 is 0.967 bits per heavy atom. The zero-order chi connectivity index (χ0) is 42.2. The fraction of sp³-hybridized carbons (Fsp3) is 0.522. The molecule has 4 aliphatic rings. The van der Waals surface area contributed by atoms with E-state index in [2.05, 4.69) is 69.1 Å². The second-order valence-electron chi connectivity index (χ2n) is 17.7. The Kier molecular flexibility index (Phi) is 11.7. The van der Waals surface area contributed by atoms with Gasteiger partial charge >= 0.3 is 12.2 Å². The number of amides is 4. The molecule has 4 N–H and O–H groups in total. The van der Waals surface area contributed by atoms with Crippen LogP contribution in [0.15, 0.2) is 60.9 Å². The summed E-state index contributed by atoms with van der Waals surface area (Å²) >= 11 is 0. The van der Waals surface area contributed by atoms with Gasteiger partial charge in [0.05, 0.1) is 50.1 Å². The third kappa shape index (κ3) is 7.88. The quantitative estimate of drug-likeness (QED) is 0.119. The monoisotopic (exact) mass is 818 g/mol. The second-order valence-corrected chi connectivity index (χ2v) is 17.7. The topological polar surface area (TPSA) is 175 Å². The van der Waals surface area contributed by atoms with Crippen LogP contribution in [0, 0.1) is 23.7 Å². The molecule has 0 bridgehead atoms. The van der Waals surface area contributed by atoms with Crippen molar-refractivity contribution < 1.29 is 28.7 Å². The molecule has 8 rings (SSSR count). The van der Waals surface area contributed by atoms with E-state index in [0.29, 0.717) is 11.8 Å². The highest BCUT2D eigenvalue weighted by Crippen LogP contribution is 2.49. The summed E-state index contributed by atoms with van der Waals surface area (Å²) in [4.78, 5) is 73.2. The Morgan fingerprint density at radius 1 is 0.600 bits per heavy atom. The Morgan fingerprint density at radius 3 is 1.32 bits per heavy atom. The number of benzene rings is 2. The predicted octanol–water partition coefficient (Wildman–Crippen LogP) is 7.78. The van der Waals surface area contributed by atoms with Gasteiger partial charge in [-0.05, 0) is 84.5 Å². The van der Waals surface area contributed by atoms with Crippen LogP contribution in [0.3, 0.4) is 0 Å². The van der Waals surface area contributed by atoms with Gasteiger partial charge in [-0.2, -0.15) is 0 Å². The normalized spacial score (nSPS) is 24.3. The number of ether oxygens (including phenoxy) is 2. The average Bonchev–Trinajstić information content (AvgIpc) is 4.10. The maximum Gasteiger partial charge on any atom is 0.407 e. The van der Waals surface area contributed by atoms with Gasteiger partial charge in [0, 0.05) is 12.1 Å². The van der Waals surface area contributed by atoms with Crippen molar-refractivity contribution in [2.45, 2.75) is 115 Å². The third-order valence-corrected chi connectivity index (χ3v) is 13.5. The number of alkyl carbamates (subject to hydrolysis) is 2. The van der Waals surface area contributed by atoms with Crippen molar-refractivity contribution in [1.29, 1.82) is 0 Å². The molecule has 4 heterocycles. The molecule has 2 aliphatic carbocycles. The molecule has 0 radical (unpaired) electrons. The fourth-order valence-corrected chi connectivity index (χ4v) is 10.4. The lowest BCUT2D eigenvalue weighted by atomic mass is 10.0. The number of carbonyl (C=O) groups is 4. The van der Waals surface area contributed by atoms with Crippen LogP contribution in [-0.4, -0.2) is 92.1 Å². The molecule has 2 aliphatic heterocycles. The standard InChI is InChI=1S/C46H58N8O6/c1-25(2)39(51-45(57)59-5)43(55)53-35-11-7-9-31(35)21-37(53)41-47-23-33(49-41)29-17-13-27(14-18-29)28-15-19-30(20-16-28)34-24-48-42(50-34)38-22-32-10-8-12-36(32)54(38)44(56)40(26(3)4)52-46(58)60-6/h13-20,23-26,31-32,35-40H,7-12,21-22H2,1-6H3,(H,47,49)(H,48,50)(H,51,57)(H,52,58)/t31-,32-,35-,36-,37+,38+,39+,40+/m1/s1. The number of imidazole rings is 2. The van der Waals surface area contributed by atoms with Gasteiger partial charge in [0.15, 0.2) is 0 Å². The largest absolute Gasteiger partial charge is 0.453 e. The van der Waals surface area contributed by atoms with Crippen molar-refractivity contribution >= 4 is 24.0 Å². The highest BCUT2D eigenvalue weighted by molar-refractivity contribution is 5.87. The summed E-state index contributed by atoms with van der Waals surface area (Å²) in [5, 5.41) is 5.56. The van der Waals surface area contributed by atoms with E-state index in [1.165, 1.54) is 14.2 Å². The molecule has 2 aromatic heterocycles. The van der Waals surface area contributed by atoms with Crippen LogP contribution < -0.4 is 10.6 Å². The van der Waals surface area contributed by atoms with Crippen LogP contribution >= 0.6 is 0 Å². The van der Waals surface area contributed by atoms with Crippen LogP contribution in [0.2, 0.25) is 0 Å². The van der Waals surface area contributed by atoms with E-state index >= 15 is 0 Å². The SMILES string of the molecule is COC(=O)N[C@H](C(=O)N1[C@@H]2CCC[C@@H]2C[C@H]1c1ncc(-c2ccc(-c3ccc(-c4cnc([C@@H]5C[C@H]6CCC[C@H]6N5C(=O)[C@@H](NC(=O)OC)C(C)C)[nH]4)cc3)cc2)[nH]1)C(C)C. The van der Waals surface area contributed by atoms with Gasteiger partial charge in [0.25, 0.3) is 0 Å². The number of methoxy groups -OCH3 is 2. The first-order valence-electron chi connectivity index (χ1n) is 21.6. The van der Waals surface area contributed by atoms with E-state index in [9.17, 15) is 19.2 Å². The molecule has 4 amide bonds. The molecule has 0 spiro atoms. The van der Waals surface area contributed by atoms with Gasteiger partial charge in [0.2, 0.25) is 11.8 Å². The Bertz CT molecular complexity index is 2030. The minimum absolute atomic E-state index is 0.0863. The molecule has 318 valence electrons. The minimum atomic E-state index is -0.686. The summed E-state index contributed by atoms with van der Waals surface area (Å²) in [5.74, 6) is 1.97. The lowest BCUT2D eigenvalue weighted by Gasteiger charge is -2.33. The molecule has 14 heteroatoms. The van der Waals surface area contributed by atoms with Crippen LogP contribution in [0.25, 0.3) is 33.6 Å². The molecule has 2 saturated carbocycles. The van der Waals surface area contributed by atoms with Crippen LogP contribution in [0.4, 0.5) is 9.59 Å². The van der Waals surface area contributed by atoms with Gasteiger partial charge in [-0.1, -0.05) is 89.1 Å². The average molecular weight is 819 g/mol. The van der Waals surface area contributed by atoms with Crippen molar-refractivity contribution in [2.75, 3.05) is 14.2 Å². The summed E-state index contributed by atoms with van der Waals surface area (Å²) in [7, 11) is 2.62. The Hall–Kier alpha value is -5.66. The Labute approximate surface area is 351 Å². The number of nitrogens with zero attached hydrogens (tertiary/aromatic N) is 4. The zero-order valence-electron chi connectivity index (χ0n) is 35.4. The maximum atomic E-state index is 14.1. The van der Waals surface area contributed by atoms with Crippen LogP contribution in [0.1, 0.15) is 103 Å². The number of aromatic nitrogens is 4. The van der Waals surface area contributed by atoms with Gasteiger partial charge in [-0.15, -0.1) is 0 Å². The molecular weight excluding hydrogens is 761 g/mol. The molecule has 8 atom stereocenters. The molecule has 4 fully saturated rings. The second kappa shape index (κ2) is 17.1. The van der Waals surface area contributed by atoms with Gasteiger partial charge < -0.3 is 39.9 Å². The third-order valence-electron chi connectivity index (χ3n) is 13.5. The van der Waals surface area contributed by atoms with Gasteiger partial charge in [0.1, 0.15) is 23.7 Å². The number of nitrogens with one attached hydrogen (secondary N) is 4. The molecular formula is C46H58N8O6. The molecule has 60 heavy (non-hydrogen) atoms. The van der Waals surface area contributed by atoms with E-state index in [1.54, 1.807) is 0 Å². The molecule has 14 nitrogen and oxygen atoms in total. The van der Waals surface area contributed by atoms with E-state index < -0.39 is 24.3 Å². The summed E-state index contributed by atoms with van der Waals surface area (Å²) in [5.41, 5.74) is 5.88. The first-order valence-corrected chi connectivity index (χ1v) is 21.6. The molecule has 4 aromatic rings. The molecule has 2 saturated heterocycles. The van der Waals surface area contributed by atoms with E-state index in [4.69, 9.17) is 19.4 Å². The van der Waals surface area contributed by atoms with Crippen molar-refractivity contribution in [1.82, 2.24) is 40.4 Å². The lowest BCUT2D eigenvalue weighted by Crippen LogP contribution is -2.53. The van der Waals surface area contributed by atoms with Crippen molar-refractivity contribution in [3.63, 3.8) is 0 Å². The van der Waals surface area contributed by atoms with E-state index in [-0.39, 0.29) is 47.8 Å². The summed E-state index contributed by atoms with van der Waals surface area (Å²) in [6.07, 6.45) is 10.4. The summed E-state index contributed by atoms with van der Waals surface area (Å²) in [6, 6.07) is 15.2. The number of aromatic amines is 2. The first kappa shape index (κ1) is 41.1. The number of fused-ring (bicyclic) bond motifs is 2. The number of carbonyl (C=O) groups excluding carboxylic acids is 4. The van der Waals surface area contributed by atoms with E-state index in [0.717, 1.165) is 96.7 Å². The number of H-pyrrole nitrogens is 2. The number of rotatable bonds is 11. The Balaban J connectivity index is 0.956.